The molecule has 1 saturated carbocycles. The van der Waals surface area contributed by atoms with Crippen LogP contribution in [0.15, 0.2) is 17.5 Å². The summed E-state index contributed by atoms with van der Waals surface area (Å²) >= 11 is 5.58. The van der Waals surface area contributed by atoms with E-state index in [-0.39, 0.29) is 0 Å². The first-order chi connectivity index (χ1) is 7.74. The van der Waals surface area contributed by atoms with Crippen LogP contribution in [-0.4, -0.2) is 23.8 Å². The Hall–Kier alpha value is 0.140. The van der Waals surface area contributed by atoms with Gasteiger partial charge in [-0.05, 0) is 36.8 Å². The summed E-state index contributed by atoms with van der Waals surface area (Å²) in [5.74, 6) is 0. The molecule has 0 atom stereocenters. The van der Waals surface area contributed by atoms with E-state index in [0.29, 0.717) is 5.41 Å². The van der Waals surface area contributed by atoms with Gasteiger partial charge in [-0.25, -0.2) is 0 Å². The Labute approximate surface area is 111 Å². The van der Waals surface area contributed by atoms with Crippen LogP contribution < -0.4 is 0 Å². The number of halogens is 1. The second-order valence-electron chi connectivity index (χ2n) is 5.09. The molecule has 1 heterocycles. The molecular weight excluding hydrogens is 282 g/mol. The maximum atomic E-state index is 3.72. The molecule has 3 heteroatoms. The van der Waals surface area contributed by atoms with Crippen LogP contribution in [0.25, 0.3) is 0 Å². The topological polar surface area (TPSA) is 3.24 Å². The van der Waals surface area contributed by atoms with Crippen LogP contribution in [-0.2, 0) is 6.54 Å². The van der Waals surface area contributed by atoms with Gasteiger partial charge in [-0.3, -0.25) is 0 Å². The summed E-state index contributed by atoms with van der Waals surface area (Å²) in [5, 5.41) is 3.33. The van der Waals surface area contributed by atoms with E-state index in [0.717, 1.165) is 11.9 Å². The van der Waals surface area contributed by atoms with Crippen LogP contribution in [0.4, 0.5) is 0 Å². The van der Waals surface area contributed by atoms with Gasteiger partial charge in [-0.15, -0.1) is 11.3 Å². The molecule has 1 aromatic heterocycles. The third-order valence-electron chi connectivity index (χ3n) is 3.56. The maximum absolute atomic E-state index is 3.72. The van der Waals surface area contributed by atoms with Crippen LogP contribution in [0.3, 0.4) is 0 Å². The summed E-state index contributed by atoms with van der Waals surface area (Å²) in [6, 6.07) is 4.38. The molecular formula is C13H20BrNS. The van der Waals surface area contributed by atoms with E-state index in [1.165, 1.54) is 37.1 Å². The Balaban J connectivity index is 1.88. The molecule has 0 amide bonds. The smallest absolute Gasteiger partial charge is 0.0325 e. The van der Waals surface area contributed by atoms with E-state index in [4.69, 9.17) is 0 Å². The van der Waals surface area contributed by atoms with Crippen LogP contribution in [0.5, 0.6) is 0 Å². The van der Waals surface area contributed by atoms with Crippen molar-refractivity contribution in [2.45, 2.75) is 32.2 Å². The second-order valence-corrected chi connectivity index (χ2v) is 6.69. The van der Waals surface area contributed by atoms with E-state index in [2.05, 4.69) is 45.4 Å². The summed E-state index contributed by atoms with van der Waals surface area (Å²) in [6.45, 7) is 2.34. The highest BCUT2D eigenvalue weighted by molar-refractivity contribution is 9.09. The molecule has 0 saturated heterocycles. The summed E-state index contributed by atoms with van der Waals surface area (Å²) in [7, 11) is 2.25. The van der Waals surface area contributed by atoms with Crippen molar-refractivity contribution in [2.75, 3.05) is 18.9 Å². The Morgan fingerprint density at radius 1 is 1.44 bits per heavy atom. The lowest BCUT2D eigenvalue weighted by Crippen LogP contribution is -2.34. The van der Waals surface area contributed by atoms with E-state index in [1.807, 2.05) is 11.3 Å². The van der Waals surface area contributed by atoms with Crippen LogP contribution >= 0.6 is 27.3 Å². The van der Waals surface area contributed by atoms with Crippen molar-refractivity contribution < 1.29 is 0 Å². The zero-order chi connectivity index (χ0) is 11.4. The Morgan fingerprint density at radius 2 is 2.19 bits per heavy atom. The minimum absolute atomic E-state index is 0.548. The molecule has 1 aromatic rings. The maximum Gasteiger partial charge on any atom is 0.0325 e. The number of hydrogen-bond acceptors (Lipinski definition) is 2. The number of alkyl halides is 1. The molecule has 1 nitrogen and oxygen atoms in total. The predicted molar refractivity (Wildman–Crippen MR) is 75.3 cm³/mol. The molecule has 0 radical (unpaired) electrons. The zero-order valence-corrected chi connectivity index (χ0v) is 12.3. The third-order valence-corrected chi connectivity index (χ3v) is 5.61. The van der Waals surface area contributed by atoms with Crippen molar-refractivity contribution >= 4 is 27.3 Å². The standard InChI is InChI=1S/C13H20BrNS/c1-15(9-12-5-4-8-16-12)11-13(10-14)6-2-3-7-13/h4-5,8H,2-3,6-7,9-11H2,1H3. The van der Waals surface area contributed by atoms with Gasteiger partial charge >= 0.3 is 0 Å². The molecule has 1 aliphatic carbocycles. The molecule has 90 valence electrons. The van der Waals surface area contributed by atoms with Gasteiger partial charge in [0.2, 0.25) is 0 Å². The van der Waals surface area contributed by atoms with E-state index in [9.17, 15) is 0 Å². The fraction of sp³-hybridized carbons (Fsp3) is 0.692. The first-order valence-corrected chi connectivity index (χ1v) is 8.01. The summed E-state index contributed by atoms with van der Waals surface area (Å²) in [5.41, 5.74) is 0.548. The SMILES string of the molecule is CN(Cc1cccs1)CC1(CBr)CCCC1. The van der Waals surface area contributed by atoms with Crippen molar-refractivity contribution in [2.24, 2.45) is 5.41 Å². The first kappa shape index (κ1) is 12.6. The van der Waals surface area contributed by atoms with Gasteiger partial charge in [-0.1, -0.05) is 34.8 Å². The average molecular weight is 302 g/mol. The van der Waals surface area contributed by atoms with E-state index < -0.39 is 0 Å². The molecule has 0 aromatic carbocycles. The minimum Gasteiger partial charge on any atom is -0.301 e. The number of hydrogen-bond donors (Lipinski definition) is 0. The van der Waals surface area contributed by atoms with Crippen molar-refractivity contribution in [3.05, 3.63) is 22.4 Å². The van der Waals surface area contributed by atoms with Gasteiger partial charge in [-0.2, -0.15) is 0 Å². The minimum atomic E-state index is 0.548. The number of nitrogens with zero attached hydrogens (tertiary/aromatic N) is 1. The summed E-state index contributed by atoms with van der Waals surface area (Å²) < 4.78 is 0. The van der Waals surface area contributed by atoms with Crippen molar-refractivity contribution in [3.63, 3.8) is 0 Å². The molecule has 0 N–H and O–H groups in total. The molecule has 0 unspecified atom stereocenters. The van der Waals surface area contributed by atoms with Gasteiger partial charge in [0.1, 0.15) is 0 Å². The number of rotatable bonds is 5. The van der Waals surface area contributed by atoms with Gasteiger partial charge in [0.15, 0.2) is 0 Å². The van der Waals surface area contributed by atoms with Crippen molar-refractivity contribution in [1.82, 2.24) is 4.90 Å². The highest BCUT2D eigenvalue weighted by Crippen LogP contribution is 2.40. The normalized spacial score (nSPS) is 19.4. The highest BCUT2D eigenvalue weighted by Gasteiger charge is 2.33. The lowest BCUT2D eigenvalue weighted by Gasteiger charge is -2.31. The van der Waals surface area contributed by atoms with Crippen LogP contribution in [0, 0.1) is 5.41 Å². The zero-order valence-electron chi connectivity index (χ0n) is 9.92. The Morgan fingerprint density at radius 3 is 2.75 bits per heavy atom. The van der Waals surface area contributed by atoms with E-state index >= 15 is 0 Å². The fourth-order valence-corrected chi connectivity index (χ4v) is 4.28. The van der Waals surface area contributed by atoms with Crippen LogP contribution in [0.2, 0.25) is 0 Å². The van der Waals surface area contributed by atoms with Gasteiger partial charge < -0.3 is 4.90 Å². The third kappa shape index (κ3) is 3.08. The summed E-state index contributed by atoms with van der Waals surface area (Å²) in [4.78, 5) is 3.96. The van der Waals surface area contributed by atoms with Crippen LogP contribution in [0.1, 0.15) is 30.6 Å². The summed E-state index contributed by atoms with van der Waals surface area (Å²) in [6.07, 6.45) is 5.62. The molecule has 0 bridgehead atoms. The van der Waals surface area contributed by atoms with Crippen molar-refractivity contribution in [3.8, 4) is 0 Å². The molecule has 16 heavy (non-hydrogen) atoms. The number of thiophene rings is 1. The molecule has 0 aliphatic heterocycles. The second kappa shape index (κ2) is 5.65. The molecule has 1 fully saturated rings. The predicted octanol–water partition coefficient (Wildman–Crippen LogP) is 4.14. The van der Waals surface area contributed by atoms with Gasteiger partial charge in [0, 0.05) is 23.3 Å². The lowest BCUT2D eigenvalue weighted by atomic mass is 9.88. The monoisotopic (exact) mass is 301 g/mol. The van der Waals surface area contributed by atoms with Crippen molar-refractivity contribution in [1.29, 1.82) is 0 Å². The Kier molecular flexibility index (Phi) is 4.45. The fourth-order valence-electron chi connectivity index (χ4n) is 2.76. The largest absolute Gasteiger partial charge is 0.301 e. The quantitative estimate of drug-likeness (QED) is 0.739. The molecule has 2 rings (SSSR count). The highest BCUT2D eigenvalue weighted by atomic mass is 79.9. The van der Waals surface area contributed by atoms with Gasteiger partial charge in [0.05, 0.1) is 0 Å². The van der Waals surface area contributed by atoms with Gasteiger partial charge in [0.25, 0.3) is 0 Å². The molecule has 1 aliphatic rings. The molecule has 0 spiro atoms. The first-order valence-electron chi connectivity index (χ1n) is 6.01. The average Bonchev–Trinajstić information content (AvgIpc) is 2.90. The van der Waals surface area contributed by atoms with E-state index in [1.54, 1.807) is 0 Å². The lowest BCUT2D eigenvalue weighted by molar-refractivity contribution is 0.198. The Bertz CT molecular complexity index is 304.